The first-order valence-electron chi connectivity index (χ1n) is 7.58. The Labute approximate surface area is 131 Å². The number of ether oxygens (including phenoxy) is 1. The monoisotopic (exact) mass is 309 g/mol. The van der Waals surface area contributed by atoms with Crippen LogP contribution in [0, 0.1) is 12.8 Å². The summed E-state index contributed by atoms with van der Waals surface area (Å²) in [6.45, 7) is 8.68. The molecule has 0 aliphatic rings. The minimum Gasteiger partial charge on any atom is -0.380 e. The van der Waals surface area contributed by atoms with E-state index in [1.165, 1.54) is 0 Å². The minimum absolute atomic E-state index is 0.566. The lowest BCUT2D eigenvalue weighted by Gasteiger charge is -2.10. The van der Waals surface area contributed by atoms with Gasteiger partial charge in [-0.3, -0.25) is 0 Å². The first kappa shape index (κ1) is 16.2. The van der Waals surface area contributed by atoms with Crippen LogP contribution in [0.1, 0.15) is 31.8 Å². The van der Waals surface area contributed by atoms with Gasteiger partial charge in [-0.25, -0.2) is 9.97 Å². The maximum atomic E-state index is 5.88. The molecule has 0 atom stereocenters. The number of nitrogens with zero attached hydrogens (tertiary/aromatic N) is 3. The maximum Gasteiger partial charge on any atom is 0.160 e. The summed E-state index contributed by atoms with van der Waals surface area (Å²) in [6, 6.07) is 4.01. The van der Waals surface area contributed by atoms with Crippen LogP contribution >= 0.6 is 11.6 Å². The molecule has 0 saturated carbocycles. The van der Waals surface area contributed by atoms with Crippen LogP contribution in [0.15, 0.2) is 12.1 Å². The van der Waals surface area contributed by atoms with Crippen LogP contribution < -0.4 is 0 Å². The minimum atomic E-state index is 0.566. The molecule has 21 heavy (non-hydrogen) atoms. The average molecular weight is 310 g/mol. The number of halogens is 1. The van der Waals surface area contributed by atoms with Crippen LogP contribution in [0.25, 0.3) is 11.2 Å². The fourth-order valence-corrected chi connectivity index (χ4v) is 2.40. The lowest BCUT2D eigenvalue weighted by atomic mass is 10.1. The topological polar surface area (TPSA) is 39.9 Å². The molecule has 0 unspecified atom stereocenters. The van der Waals surface area contributed by atoms with E-state index >= 15 is 0 Å². The van der Waals surface area contributed by atoms with Crippen molar-refractivity contribution < 1.29 is 4.74 Å². The largest absolute Gasteiger partial charge is 0.380 e. The van der Waals surface area contributed by atoms with Crippen molar-refractivity contribution >= 4 is 22.8 Å². The van der Waals surface area contributed by atoms with E-state index < -0.39 is 0 Å². The second-order valence-electron chi connectivity index (χ2n) is 5.71. The quantitative estimate of drug-likeness (QED) is 0.552. The third-order valence-corrected chi connectivity index (χ3v) is 3.62. The first-order valence-corrected chi connectivity index (χ1v) is 8.11. The second kappa shape index (κ2) is 7.76. The van der Waals surface area contributed by atoms with Gasteiger partial charge in [-0.1, -0.05) is 13.8 Å². The van der Waals surface area contributed by atoms with Crippen LogP contribution in [0.4, 0.5) is 0 Å². The van der Waals surface area contributed by atoms with E-state index in [9.17, 15) is 0 Å². The number of alkyl halides is 1. The molecule has 0 aliphatic carbocycles. The van der Waals surface area contributed by atoms with Gasteiger partial charge in [-0.2, -0.15) is 0 Å². The van der Waals surface area contributed by atoms with Crippen molar-refractivity contribution in [3.8, 4) is 0 Å². The number of fused-ring (bicyclic) bond motifs is 1. The normalized spacial score (nSPS) is 11.7. The van der Waals surface area contributed by atoms with Crippen LogP contribution in [0.3, 0.4) is 0 Å². The molecule has 0 fully saturated rings. The van der Waals surface area contributed by atoms with Gasteiger partial charge in [0.25, 0.3) is 0 Å². The number of pyridine rings is 1. The summed E-state index contributed by atoms with van der Waals surface area (Å²) in [5, 5.41) is 0. The van der Waals surface area contributed by atoms with Gasteiger partial charge in [0.2, 0.25) is 0 Å². The van der Waals surface area contributed by atoms with Gasteiger partial charge in [0.15, 0.2) is 5.65 Å². The standard InChI is InChI=1S/C16H24ClN3O/c1-12(2)7-10-21-11-9-20-15(6-8-17)19-14-5-4-13(3)18-16(14)20/h4-5,12H,6-11H2,1-3H3. The Morgan fingerprint density at radius 2 is 2.05 bits per heavy atom. The summed E-state index contributed by atoms with van der Waals surface area (Å²) in [5.74, 6) is 2.23. The van der Waals surface area contributed by atoms with Gasteiger partial charge in [0.1, 0.15) is 11.3 Å². The van der Waals surface area contributed by atoms with E-state index in [1.807, 2.05) is 19.1 Å². The smallest absolute Gasteiger partial charge is 0.160 e. The van der Waals surface area contributed by atoms with E-state index in [0.717, 1.165) is 48.7 Å². The Hall–Kier alpha value is -1.13. The molecule has 2 aromatic rings. The third-order valence-electron chi connectivity index (χ3n) is 3.43. The zero-order valence-electron chi connectivity index (χ0n) is 13.1. The molecular formula is C16H24ClN3O. The predicted octanol–water partition coefficient (Wildman–Crippen LogP) is 3.58. The van der Waals surface area contributed by atoms with Crippen molar-refractivity contribution in [1.29, 1.82) is 0 Å². The molecule has 5 heteroatoms. The molecule has 4 nitrogen and oxygen atoms in total. The second-order valence-corrected chi connectivity index (χ2v) is 6.09. The van der Waals surface area contributed by atoms with Crippen LogP contribution in [0.5, 0.6) is 0 Å². The molecule has 0 N–H and O–H groups in total. The number of rotatable bonds is 8. The first-order chi connectivity index (χ1) is 10.1. The Morgan fingerprint density at radius 3 is 2.76 bits per heavy atom. The van der Waals surface area contributed by atoms with Gasteiger partial charge < -0.3 is 9.30 Å². The molecular weight excluding hydrogens is 286 g/mol. The van der Waals surface area contributed by atoms with Gasteiger partial charge in [0, 0.05) is 31.1 Å². The van der Waals surface area contributed by atoms with E-state index in [-0.39, 0.29) is 0 Å². The highest BCUT2D eigenvalue weighted by molar-refractivity contribution is 6.17. The molecule has 0 aliphatic heterocycles. The predicted molar refractivity (Wildman–Crippen MR) is 87.0 cm³/mol. The maximum absolute atomic E-state index is 5.88. The number of aromatic nitrogens is 3. The van der Waals surface area contributed by atoms with Crippen LogP contribution in [-0.4, -0.2) is 33.6 Å². The lowest BCUT2D eigenvalue weighted by molar-refractivity contribution is 0.116. The summed E-state index contributed by atoms with van der Waals surface area (Å²) >= 11 is 5.88. The summed E-state index contributed by atoms with van der Waals surface area (Å²) in [4.78, 5) is 9.24. The van der Waals surface area contributed by atoms with Crippen LogP contribution in [-0.2, 0) is 17.7 Å². The van der Waals surface area contributed by atoms with Gasteiger partial charge in [0.05, 0.1) is 6.61 Å². The highest BCUT2D eigenvalue weighted by atomic mass is 35.5. The van der Waals surface area contributed by atoms with Gasteiger partial charge >= 0.3 is 0 Å². The highest BCUT2D eigenvalue weighted by Gasteiger charge is 2.11. The van der Waals surface area contributed by atoms with Crippen molar-refractivity contribution in [1.82, 2.24) is 14.5 Å². The van der Waals surface area contributed by atoms with E-state index in [1.54, 1.807) is 0 Å². The molecule has 0 spiro atoms. The highest BCUT2D eigenvalue weighted by Crippen LogP contribution is 2.16. The van der Waals surface area contributed by atoms with Crippen molar-refractivity contribution in [2.24, 2.45) is 5.92 Å². The third kappa shape index (κ3) is 4.42. The fourth-order valence-electron chi connectivity index (χ4n) is 2.23. The van der Waals surface area contributed by atoms with E-state index in [2.05, 4.69) is 28.4 Å². The molecule has 0 aromatic carbocycles. The summed E-state index contributed by atoms with van der Waals surface area (Å²) in [7, 11) is 0. The van der Waals surface area contributed by atoms with Crippen molar-refractivity contribution in [3.05, 3.63) is 23.7 Å². The number of imidazole rings is 1. The Balaban J connectivity index is 2.08. The van der Waals surface area contributed by atoms with E-state index in [4.69, 9.17) is 16.3 Å². The van der Waals surface area contributed by atoms with E-state index in [0.29, 0.717) is 18.4 Å². The Morgan fingerprint density at radius 1 is 1.24 bits per heavy atom. The molecule has 2 rings (SSSR count). The summed E-state index contributed by atoms with van der Waals surface area (Å²) in [6.07, 6.45) is 1.85. The fraction of sp³-hybridized carbons (Fsp3) is 0.625. The van der Waals surface area contributed by atoms with Crippen molar-refractivity contribution in [2.75, 3.05) is 19.1 Å². The molecule has 2 aromatic heterocycles. The zero-order valence-corrected chi connectivity index (χ0v) is 13.9. The summed E-state index contributed by atoms with van der Waals surface area (Å²) < 4.78 is 7.86. The SMILES string of the molecule is Cc1ccc2nc(CCCl)n(CCOCCC(C)C)c2n1. The Bertz CT molecular complexity index is 580. The lowest BCUT2D eigenvalue weighted by Crippen LogP contribution is -2.11. The summed E-state index contributed by atoms with van der Waals surface area (Å²) in [5.41, 5.74) is 2.87. The zero-order chi connectivity index (χ0) is 15.2. The van der Waals surface area contributed by atoms with Crippen molar-refractivity contribution in [2.45, 2.75) is 40.2 Å². The molecule has 116 valence electrons. The molecule has 0 saturated heterocycles. The molecule has 0 amide bonds. The number of hydrogen-bond donors (Lipinski definition) is 0. The number of hydrogen-bond acceptors (Lipinski definition) is 3. The van der Waals surface area contributed by atoms with Gasteiger partial charge in [-0.15, -0.1) is 11.6 Å². The van der Waals surface area contributed by atoms with Gasteiger partial charge in [-0.05, 0) is 31.4 Å². The van der Waals surface area contributed by atoms with Crippen LogP contribution in [0.2, 0.25) is 0 Å². The average Bonchev–Trinajstić information content (AvgIpc) is 2.76. The molecule has 0 bridgehead atoms. The molecule has 2 heterocycles. The number of aryl methyl sites for hydroxylation is 2. The Kier molecular flexibility index (Phi) is 6.00. The van der Waals surface area contributed by atoms with Crippen molar-refractivity contribution in [3.63, 3.8) is 0 Å². The molecule has 0 radical (unpaired) electrons.